The van der Waals surface area contributed by atoms with Crippen molar-refractivity contribution < 1.29 is 0 Å². The van der Waals surface area contributed by atoms with Crippen LogP contribution in [0.3, 0.4) is 0 Å². The van der Waals surface area contributed by atoms with Crippen molar-refractivity contribution in [1.82, 2.24) is 15.0 Å². The summed E-state index contributed by atoms with van der Waals surface area (Å²) in [6, 6.07) is 5.81. The van der Waals surface area contributed by atoms with Crippen LogP contribution in [0.4, 0.5) is 0 Å². The molecule has 2 aromatic rings. The van der Waals surface area contributed by atoms with Crippen LogP contribution in [0, 0.1) is 25.2 Å². The summed E-state index contributed by atoms with van der Waals surface area (Å²) in [5, 5.41) is 8.86. The van der Waals surface area contributed by atoms with Crippen molar-refractivity contribution in [3.63, 3.8) is 0 Å². The largest absolute Gasteiger partial charge is 0.261 e. The Morgan fingerprint density at radius 2 is 1.94 bits per heavy atom. The van der Waals surface area contributed by atoms with Crippen molar-refractivity contribution in [2.45, 2.75) is 20.3 Å². The van der Waals surface area contributed by atoms with Crippen LogP contribution >= 0.6 is 0 Å². The minimum atomic E-state index is 0.445. The van der Waals surface area contributed by atoms with Gasteiger partial charge in [-0.3, -0.25) is 9.97 Å². The average molecular weight is 224 g/mol. The SMILES string of the molecule is Cc1cc(Cc2cncc(C)n2)cc(C#N)n1. The summed E-state index contributed by atoms with van der Waals surface area (Å²) < 4.78 is 0. The molecule has 0 saturated heterocycles. The number of pyridine rings is 1. The van der Waals surface area contributed by atoms with Gasteiger partial charge in [-0.15, -0.1) is 0 Å². The molecule has 0 bridgehead atoms. The summed E-state index contributed by atoms with van der Waals surface area (Å²) in [5.74, 6) is 0. The Bertz CT molecular complexity index is 584. The Labute approximate surface area is 100.0 Å². The Hall–Kier alpha value is -2.28. The summed E-state index contributed by atoms with van der Waals surface area (Å²) >= 11 is 0. The molecule has 2 heterocycles. The van der Waals surface area contributed by atoms with E-state index >= 15 is 0 Å². The predicted molar refractivity (Wildman–Crippen MR) is 63.3 cm³/mol. The Balaban J connectivity index is 2.30. The maximum Gasteiger partial charge on any atom is 0.141 e. The minimum absolute atomic E-state index is 0.445. The first kappa shape index (κ1) is 11.2. The van der Waals surface area contributed by atoms with Crippen molar-refractivity contribution in [3.05, 3.63) is 52.9 Å². The van der Waals surface area contributed by atoms with Gasteiger partial charge in [-0.2, -0.15) is 5.26 Å². The molecule has 4 nitrogen and oxygen atoms in total. The van der Waals surface area contributed by atoms with Gasteiger partial charge in [0.15, 0.2) is 0 Å². The standard InChI is InChI=1S/C13H12N4/c1-9-3-11(4-12(6-14)16-9)5-13-8-15-7-10(2)17-13/h3-4,7-8H,5H2,1-2H3. The van der Waals surface area contributed by atoms with E-state index in [4.69, 9.17) is 5.26 Å². The van der Waals surface area contributed by atoms with Crippen molar-refractivity contribution in [1.29, 1.82) is 5.26 Å². The molecule has 17 heavy (non-hydrogen) atoms. The lowest BCUT2D eigenvalue weighted by molar-refractivity contribution is 0.983. The number of aromatic nitrogens is 3. The summed E-state index contributed by atoms with van der Waals surface area (Å²) in [6.07, 6.45) is 4.14. The van der Waals surface area contributed by atoms with E-state index in [1.807, 2.05) is 19.9 Å². The van der Waals surface area contributed by atoms with Crippen molar-refractivity contribution in [3.8, 4) is 6.07 Å². The van der Waals surface area contributed by atoms with Crippen LogP contribution in [-0.2, 0) is 6.42 Å². The van der Waals surface area contributed by atoms with Crippen LogP contribution in [-0.4, -0.2) is 15.0 Å². The fourth-order valence-electron chi connectivity index (χ4n) is 1.71. The summed E-state index contributed by atoms with van der Waals surface area (Å²) in [6.45, 7) is 3.79. The third kappa shape index (κ3) is 2.85. The van der Waals surface area contributed by atoms with Crippen LogP contribution in [0.1, 0.15) is 28.3 Å². The van der Waals surface area contributed by atoms with Crippen LogP contribution in [0.2, 0.25) is 0 Å². The maximum absolute atomic E-state index is 8.86. The fraction of sp³-hybridized carbons (Fsp3) is 0.231. The van der Waals surface area contributed by atoms with Crippen LogP contribution in [0.25, 0.3) is 0 Å². The second kappa shape index (κ2) is 4.71. The molecule has 2 rings (SSSR count). The molecule has 4 heteroatoms. The second-order valence-corrected chi connectivity index (χ2v) is 3.94. The van der Waals surface area contributed by atoms with Gasteiger partial charge in [0.1, 0.15) is 11.8 Å². The normalized spacial score (nSPS) is 9.94. The van der Waals surface area contributed by atoms with Gasteiger partial charge in [-0.05, 0) is 31.5 Å². The Morgan fingerprint density at radius 1 is 1.12 bits per heavy atom. The van der Waals surface area contributed by atoms with E-state index in [1.54, 1.807) is 18.5 Å². The molecule has 0 unspecified atom stereocenters. The molecular formula is C13H12N4. The maximum atomic E-state index is 8.86. The summed E-state index contributed by atoms with van der Waals surface area (Å²) in [5.41, 5.74) is 4.13. The van der Waals surface area contributed by atoms with Gasteiger partial charge >= 0.3 is 0 Å². The predicted octanol–water partition coefficient (Wildman–Crippen LogP) is 1.95. The lowest BCUT2D eigenvalue weighted by atomic mass is 10.1. The molecule has 0 N–H and O–H groups in total. The van der Waals surface area contributed by atoms with Gasteiger partial charge < -0.3 is 0 Å². The molecule has 84 valence electrons. The molecular weight excluding hydrogens is 212 g/mol. The van der Waals surface area contributed by atoms with E-state index in [0.717, 1.165) is 22.6 Å². The highest BCUT2D eigenvalue weighted by Crippen LogP contribution is 2.10. The van der Waals surface area contributed by atoms with Gasteiger partial charge in [0.05, 0.1) is 11.4 Å². The van der Waals surface area contributed by atoms with Crippen molar-refractivity contribution in [2.75, 3.05) is 0 Å². The zero-order valence-electron chi connectivity index (χ0n) is 9.81. The Kier molecular flexibility index (Phi) is 3.10. The Morgan fingerprint density at radius 3 is 2.65 bits per heavy atom. The van der Waals surface area contributed by atoms with E-state index in [0.29, 0.717) is 12.1 Å². The van der Waals surface area contributed by atoms with E-state index in [2.05, 4.69) is 21.0 Å². The number of hydrogen-bond donors (Lipinski definition) is 0. The zero-order chi connectivity index (χ0) is 12.3. The molecule has 0 fully saturated rings. The summed E-state index contributed by atoms with van der Waals surface area (Å²) in [4.78, 5) is 12.6. The quantitative estimate of drug-likeness (QED) is 0.782. The lowest BCUT2D eigenvalue weighted by Gasteiger charge is -2.03. The molecule has 0 radical (unpaired) electrons. The molecule has 0 aliphatic heterocycles. The number of nitriles is 1. The van der Waals surface area contributed by atoms with E-state index < -0.39 is 0 Å². The summed E-state index contributed by atoms with van der Waals surface area (Å²) in [7, 11) is 0. The van der Waals surface area contributed by atoms with Crippen LogP contribution in [0.5, 0.6) is 0 Å². The first-order chi connectivity index (χ1) is 8.17. The highest BCUT2D eigenvalue weighted by molar-refractivity contribution is 5.30. The van der Waals surface area contributed by atoms with Gasteiger partial charge in [0.25, 0.3) is 0 Å². The average Bonchev–Trinajstić information content (AvgIpc) is 2.28. The van der Waals surface area contributed by atoms with Gasteiger partial charge in [0, 0.05) is 24.5 Å². The van der Waals surface area contributed by atoms with E-state index in [9.17, 15) is 0 Å². The van der Waals surface area contributed by atoms with Crippen molar-refractivity contribution >= 4 is 0 Å². The molecule has 0 saturated carbocycles. The van der Waals surface area contributed by atoms with E-state index in [1.165, 1.54) is 0 Å². The highest BCUT2D eigenvalue weighted by atomic mass is 14.8. The van der Waals surface area contributed by atoms with Gasteiger partial charge in [-0.1, -0.05) is 0 Å². The van der Waals surface area contributed by atoms with Crippen LogP contribution in [0.15, 0.2) is 24.5 Å². The lowest BCUT2D eigenvalue weighted by Crippen LogP contribution is -1.98. The van der Waals surface area contributed by atoms with Gasteiger partial charge in [-0.25, -0.2) is 4.98 Å². The third-order valence-corrected chi connectivity index (χ3v) is 2.32. The molecule has 0 amide bonds. The van der Waals surface area contributed by atoms with Crippen molar-refractivity contribution in [2.24, 2.45) is 0 Å². The molecule has 0 aliphatic carbocycles. The second-order valence-electron chi connectivity index (χ2n) is 3.94. The molecule has 0 spiro atoms. The molecule has 2 aromatic heterocycles. The first-order valence-electron chi connectivity index (χ1n) is 5.32. The number of nitrogens with zero attached hydrogens (tertiary/aromatic N) is 4. The number of aryl methyl sites for hydroxylation is 2. The number of hydrogen-bond acceptors (Lipinski definition) is 4. The third-order valence-electron chi connectivity index (χ3n) is 2.32. The van der Waals surface area contributed by atoms with E-state index in [-0.39, 0.29) is 0 Å². The van der Waals surface area contributed by atoms with Crippen LogP contribution < -0.4 is 0 Å². The molecule has 0 atom stereocenters. The fourth-order valence-corrected chi connectivity index (χ4v) is 1.71. The van der Waals surface area contributed by atoms with Gasteiger partial charge in [0.2, 0.25) is 0 Å². The smallest absolute Gasteiger partial charge is 0.141 e. The first-order valence-corrected chi connectivity index (χ1v) is 5.32. The zero-order valence-corrected chi connectivity index (χ0v) is 9.81. The number of rotatable bonds is 2. The monoisotopic (exact) mass is 224 g/mol. The highest BCUT2D eigenvalue weighted by Gasteiger charge is 2.02. The molecule has 0 aliphatic rings. The molecule has 0 aromatic carbocycles. The minimum Gasteiger partial charge on any atom is -0.261 e. The topological polar surface area (TPSA) is 62.5 Å².